The second-order valence-corrected chi connectivity index (χ2v) is 3.49. The van der Waals surface area contributed by atoms with Crippen molar-refractivity contribution < 1.29 is 18.0 Å². The first kappa shape index (κ1) is 11.3. The summed E-state index contributed by atoms with van der Waals surface area (Å²) in [6, 6.07) is 0. The number of hydrogen-bond donors (Lipinski definition) is 1. The zero-order chi connectivity index (χ0) is 10.8. The number of amides is 1. The van der Waals surface area contributed by atoms with Crippen LogP contribution in [0.25, 0.3) is 0 Å². The lowest BCUT2D eigenvalue weighted by Gasteiger charge is -2.32. The van der Waals surface area contributed by atoms with Crippen molar-refractivity contribution in [2.24, 2.45) is 11.7 Å². The number of nitrogens with two attached hydrogens (primary N) is 1. The number of carbonyl (C=O) groups excluding carboxylic acids is 1. The molecule has 1 fully saturated rings. The van der Waals surface area contributed by atoms with Gasteiger partial charge in [-0.1, -0.05) is 0 Å². The van der Waals surface area contributed by atoms with Gasteiger partial charge in [-0.05, 0) is 25.3 Å². The number of piperidine rings is 1. The van der Waals surface area contributed by atoms with Crippen molar-refractivity contribution >= 4 is 5.91 Å². The van der Waals surface area contributed by atoms with Crippen molar-refractivity contribution in [2.45, 2.75) is 19.0 Å². The normalized spacial score (nSPS) is 23.7. The monoisotopic (exact) mass is 210 g/mol. The molecule has 1 saturated heterocycles. The van der Waals surface area contributed by atoms with Crippen LogP contribution >= 0.6 is 0 Å². The first-order valence-electron chi connectivity index (χ1n) is 4.51. The molecule has 82 valence electrons. The van der Waals surface area contributed by atoms with Crippen molar-refractivity contribution in [1.29, 1.82) is 0 Å². The maximum absolute atomic E-state index is 12.0. The number of likely N-dealkylation sites (tertiary alicyclic amines) is 1. The fourth-order valence-electron chi connectivity index (χ4n) is 1.62. The summed E-state index contributed by atoms with van der Waals surface area (Å²) in [5, 5.41) is 0. The van der Waals surface area contributed by atoms with E-state index in [1.54, 1.807) is 0 Å². The second-order valence-electron chi connectivity index (χ2n) is 3.49. The van der Waals surface area contributed by atoms with E-state index in [4.69, 9.17) is 5.73 Å². The second kappa shape index (κ2) is 4.16. The molecular formula is C8H13F3N2O. The lowest BCUT2D eigenvalue weighted by molar-refractivity contribution is -0.187. The number of hydrogen-bond acceptors (Lipinski definition) is 2. The summed E-state index contributed by atoms with van der Waals surface area (Å²) in [4.78, 5) is 11.7. The number of halogens is 3. The summed E-state index contributed by atoms with van der Waals surface area (Å²) < 4.78 is 36.1. The molecular weight excluding hydrogens is 197 g/mol. The zero-order valence-corrected chi connectivity index (χ0v) is 7.68. The van der Waals surface area contributed by atoms with E-state index in [1.165, 1.54) is 0 Å². The van der Waals surface area contributed by atoms with Crippen LogP contribution in [0.15, 0.2) is 0 Å². The predicted octanol–water partition coefficient (Wildman–Crippen LogP) is 0.746. The summed E-state index contributed by atoms with van der Waals surface area (Å²) >= 11 is 0. The number of alkyl halides is 3. The number of carbonyl (C=O) groups is 1. The van der Waals surface area contributed by atoms with Crippen LogP contribution in [-0.2, 0) is 4.79 Å². The highest BCUT2D eigenvalue weighted by atomic mass is 19.4. The zero-order valence-electron chi connectivity index (χ0n) is 7.68. The standard InChI is InChI=1S/C8H13F3N2O/c9-8(10,11)7(14)13-3-1-2-6(4-12)5-13/h6H,1-5,12H2. The third-order valence-electron chi connectivity index (χ3n) is 2.38. The van der Waals surface area contributed by atoms with Gasteiger partial charge in [0.2, 0.25) is 0 Å². The lowest BCUT2D eigenvalue weighted by Crippen LogP contribution is -2.47. The highest BCUT2D eigenvalue weighted by Gasteiger charge is 2.43. The fourth-order valence-corrected chi connectivity index (χ4v) is 1.62. The van der Waals surface area contributed by atoms with Crippen LogP contribution in [0.4, 0.5) is 13.2 Å². The molecule has 1 heterocycles. The van der Waals surface area contributed by atoms with Gasteiger partial charge >= 0.3 is 12.1 Å². The van der Waals surface area contributed by atoms with Crippen molar-refractivity contribution in [2.75, 3.05) is 19.6 Å². The van der Waals surface area contributed by atoms with Crippen LogP contribution in [0.1, 0.15) is 12.8 Å². The molecule has 0 saturated carbocycles. The molecule has 0 radical (unpaired) electrons. The number of nitrogens with zero attached hydrogens (tertiary/aromatic N) is 1. The first-order chi connectivity index (χ1) is 6.45. The van der Waals surface area contributed by atoms with Gasteiger partial charge in [-0.2, -0.15) is 13.2 Å². The molecule has 1 rings (SSSR count). The van der Waals surface area contributed by atoms with Gasteiger partial charge in [0.15, 0.2) is 0 Å². The molecule has 1 unspecified atom stereocenters. The van der Waals surface area contributed by atoms with Crippen LogP contribution in [0, 0.1) is 5.92 Å². The first-order valence-corrected chi connectivity index (χ1v) is 4.51. The molecule has 0 bridgehead atoms. The lowest BCUT2D eigenvalue weighted by atomic mass is 9.98. The minimum Gasteiger partial charge on any atom is -0.335 e. The Hall–Kier alpha value is -0.780. The molecule has 1 atom stereocenters. The molecule has 0 aromatic rings. The molecule has 14 heavy (non-hydrogen) atoms. The van der Waals surface area contributed by atoms with E-state index in [1.807, 2.05) is 0 Å². The van der Waals surface area contributed by atoms with E-state index < -0.39 is 12.1 Å². The summed E-state index contributed by atoms with van der Waals surface area (Å²) in [6.45, 7) is 0.658. The Balaban J connectivity index is 2.56. The van der Waals surface area contributed by atoms with E-state index in [9.17, 15) is 18.0 Å². The molecule has 0 aromatic carbocycles. The maximum Gasteiger partial charge on any atom is 0.471 e. The summed E-state index contributed by atoms with van der Waals surface area (Å²) in [5.41, 5.74) is 5.36. The van der Waals surface area contributed by atoms with Crippen LogP contribution in [0.5, 0.6) is 0 Å². The minimum absolute atomic E-state index is 0.00931. The Bertz CT molecular complexity index is 217. The van der Waals surface area contributed by atoms with Gasteiger partial charge in [0.1, 0.15) is 0 Å². The van der Waals surface area contributed by atoms with Crippen molar-refractivity contribution in [3.05, 3.63) is 0 Å². The Morgan fingerprint density at radius 1 is 1.50 bits per heavy atom. The summed E-state index contributed by atoms with van der Waals surface area (Å²) in [5.74, 6) is -1.73. The van der Waals surface area contributed by atoms with E-state index in [-0.39, 0.29) is 19.0 Å². The fraction of sp³-hybridized carbons (Fsp3) is 0.875. The van der Waals surface area contributed by atoms with Gasteiger partial charge < -0.3 is 10.6 Å². The maximum atomic E-state index is 12.0. The molecule has 0 aliphatic carbocycles. The molecule has 6 heteroatoms. The Morgan fingerprint density at radius 2 is 2.14 bits per heavy atom. The summed E-state index contributed by atoms with van der Waals surface area (Å²) in [6.07, 6.45) is -3.35. The smallest absolute Gasteiger partial charge is 0.335 e. The highest BCUT2D eigenvalue weighted by molar-refractivity contribution is 5.81. The molecule has 3 nitrogen and oxygen atoms in total. The third kappa shape index (κ3) is 2.60. The molecule has 1 aliphatic rings. The highest BCUT2D eigenvalue weighted by Crippen LogP contribution is 2.23. The molecule has 1 aliphatic heterocycles. The number of rotatable bonds is 1. The molecule has 2 N–H and O–H groups in total. The molecule has 0 aromatic heterocycles. The third-order valence-corrected chi connectivity index (χ3v) is 2.38. The van der Waals surface area contributed by atoms with Crippen LogP contribution < -0.4 is 5.73 Å². The van der Waals surface area contributed by atoms with E-state index in [0.29, 0.717) is 13.0 Å². The van der Waals surface area contributed by atoms with Gasteiger partial charge in [0.05, 0.1) is 0 Å². The largest absolute Gasteiger partial charge is 0.471 e. The average Bonchev–Trinajstić information content (AvgIpc) is 2.15. The van der Waals surface area contributed by atoms with Crippen molar-refractivity contribution in [1.82, 2.24) is 4.90 Å². The Morgan fingerprint density at radius 3 is 2.64 bits per heavy atom. The minimum atomic E-state index is -4.75. The van der Waals surface area contributed by atoms with Gasteiger partial charge in [-0.25, -0.2) is 0 Å². The van der Waals surface area contributed by atoms with Gasteiger partial charge in [-0.3, -0.25) is 4.79 Å². The quantitative estimate of drug-likeness (QED) is 0.694. The van der Waals surface area contributed by atoms with Crippen molar-refractivity contribution in [3.63, 3.8) is 0 Å². The van der Waals surface area contributed by atoms with Gasteiger partial charge in [0.25, 0.3) is 0 Å². The Kier molecular flexibility index (Phi) is 3.36. The predicted molar refractivity (Wildman–Crippen MR) is 44.4 cm³/mol. The van der Waals surface area contributed by atoms with Crippen LogP contribution in [0.3, 0.4) is 0 Å². The van der Waals surface area contributed by atoms with E-state index in [2.05, 4.69) is 0 Å². The van der Waals surface area contributed by atoms with Crippen LogP contribution in [0.2, 0.25) is 0 Å². The SMILES string of the molecule is NCC1CCCN(C(=O)C(F)(F)F)C1. The van der Waals surface area contributed by atoms with E-state index >= 15 is 0 Å². The van der Waals surface area contributed by atoms with Gasteiger partial charge in [-0.15, -0.1) is 0 Å². The Labute approximate surface area is 80.0 Å². The topological polar surface area (TPSA) is 46.3 Å². The molecule has 0 spiro atoms. The summed E-state index contributed by atoms with van der Waals surface area (Å²) in [7, 11) is 0. The van der Waals surface area contributed by atoms with Crippen LogP contribution in [-0.4, -0.2) is 36.6 Å². The van der Waals surface area contributed by atoms with Crippen molar-refractivity contribution in [3.8, 4) is 0 Å². The molecule has 1 amide bonds. The average molecular weight is 210 g/mol. The van der Waals surface area contributed by atoms with E-state index in [0.717, 1.165) is 11.3 Å². The van der Waals surface area contributed by atoms with Gasteiger partial charge in [0, 0.05) is 13.1 Å².